The topological polar surface area (TPSA) is 54.5 Å². The third-order valence-electron chi connectivity index (χ3n) is 2.98. The first-order chi connectivity index (χ1) is 9.43. The van der Waals surface area contributed by atoms with Crippen LogP contribution in [0, 0.1) is 5.95 Å². The van der Waals surface area contributed by atoms with Crippen LogP contribution < -0.4 is 5.73 Å². The van der Waals surface area contributed by atoms with Crippen LogP contribution in [0.1, 0.15) is 12.6 Å². The van der Waals surface area contributed by atoms with Crippen molar-refractivity contribution < 1.29 is 4.39 Å². The molecule has 1 aliphatic heterocycles. The number of rotatable bonds is 3. The standard InChI is InChI=1S/C14H14BrFN4/c1-4-20-9(3)18-8(2)11(14(20)17)7-10-5-6-12(15)13(16)19-10/h4-6H,1,3,7,17H2,2H3. The van der Waals surface area contributed by atoms with Gasteiger partial charge >= 0.3 is 0 Å². The number of hydrogen-bond donors (Lipinski definition) is 1. The minimum Gasteiger partial charge on any atom is -0.384 e. The molecule has 0 aromatic carbocycles. The van der Waals surface area contributed by atoms with Gasteiger partial charge in [-0.15, -0.1) is 0 Å². The Labute approximate surface area is 125 Å². The van der Waals surface area contributed by atoms with Crippen LogP contribution in [-0.2, 0) is 6.42 Å². The molecular formula is C14H14BrFN4. The molecule has 104 valence electrons. The van der Waals surface area contributed by atoms with Gasteiger partial charge in [-0.25, -0.2) is 9.98 Å². The summed E-state index contributed by atoms with van der Waals surface area (Å²) in [5, 5.41) is 0. The first kappa shape index (κ1) is 14.5. The molecule has 2 rings (SSSR count). The number of aromatic nitrogens is 1. The molecule has 2 heterocycles. The lowest BCUT2D eigenvalue weighted by molar-refractivity contribution is 0.546. The van der Waals surface area contributed by atoms with Gasteiger partial charge in [0.05, 0.1) is 4.47 Å². The van der Waals surface area contributed by atoms with Gasteiger partial charge in [-0.2, -0.15) is 4.39 Å². The summed E-state index contributed by atoms with van der Waals surface area (Å²) in [6, 6.07) is 3.36. The Morgan fingerprint density at radius 2 is 2.20 bits per heavy atom. The Morgan fingerprint density at radius 1 is 1.50 bits per heavy atom. The predicted octanol–water partition coefficient (Wildman–Crippen LogP) is 3.09. The number of allylic oxidation sites excluding steroid dienone is 1. The zero-order chi connectivity index (χ0) is 14.9. The van der Waals surface area contributed by atoms with Gasteiger partial charge in [0.2, 0.25) is 5.95 Å². The largest absolute Gasteiger partial charge is 0.384 e. The van der Waals surface area contributed by atoms with Crippen molar-refractivity contribution >= 4 is 21.6 Å². The minimum absolute atomic E-state index is 0.332. The molecule has 1 aromatic rings. The summed E-state index contributed by atoms with van der Waals surface area (Å²) < 4.78 is 13.8. The van der Waals surface area contributed by atoms with Crippen LogP contribution in [-0.4, -0.2) is 15.6 Å². The molecule has 0 aliphatic carbocycles. The summed E-state index contributed by atoms with van der Waals surface area (Å²) in [6.07, 6.45) is 1.94. The molecular weight excluding hydrogens is 323 g/mol. The normalized spacial score (nSPS) is 15.4. The fourth-order valence-electron chi connectivity index (χ4n) is 1.94. The fraction of sp³-hybridized carbons (Fsp3) is 0.143. The lowest BCUT2D eigenvalue weighted by Gasteiger charge is -2.27. The van der Waals surface area contributed by atoms with Crippen LogP contribution in [0.2, 0.25) is 0 Å². The van der Waals surface area contributed by atoms with Crippen LogP contribution >= 0.6 is 15.9 Å². The van der Waals surface area contributed by atoms with Crippen molar-refractivity contribution in [2.45, 2.75) is 13.3 Å². The molecule has 0 saturated carbocycles. The first-order valence-corrected chi connectivity index (χ1v) is 6.69. The number of halogens is 2. The van der Waals surface area contributed by atoms with E-state index in [9.17, 15) is 4.39 Å². The molecule has 0 saturated heterocycles. The Balaban J connectivity index is 2.38. The molecule has 0 unspecified atom stereocenters. The van der Waals surface area contributed by atoms with E-state index in [0.29, 0.717) is 28.2 Å². The summed E-state index contributed by atoms with van der Waals surface area (Å²) in [6.45, 7) is 9.32. The molecule has 0 radical (unpaired) electrons. The van der Waals surface area contributed by atoms with Crippen molar-refractivity contribution in [1.82, 2.24) is 9.88 Å². The summed E-state index contributed by atoms with van der Waals surface area (Å²) >= 11 is 3.08. The van der Waals surface area contributed by atoms with Crippen molar-refractivity contribution in [2.75, 3.05) is 0 Å². The van der Waals surface area contributed by atoms with Crippen molar-refractivity contribution in [2.24, 2.45) is 10.7 Å². The summed E-state index contributed by atoms with van der Waals surface area (Å²) in [7, 11) is 0. The molecule has 2 N–H and O–H groups in total. The molecule has 0 spiro atoms. The van der Waals surface area contributed by atoms with E-state index in [1.54, 1.807) is 23.2 Å². The molecule has 4 nitrogen and oxygen atoms in total. The van der Waals surface area contributed by atoms with E-state index in [1.807, 2.05) is 6.92 Å². The Kier molecular flexibility index (Phi) is 4.04. The average Bonchev–Trinajstić information content (AvgIpc) is 2.39. The van der Waals surface area contributed by atoms with E-state index >= 15 is 0 Å². The van der Waals surface area contributed by atoms with Crippen molar-refractivity contribution in [3.63, 3.8) is 0 Å². The molecule has 1 aliphatic rings. The Hall–Kier alpha value is -1.95. The fourth-order valence-corrected chi connectivity index (χ4v) is 2.16. The molecule has 0 bridgehead atoms. The Morgan fingerprint density at radius 3 is 2.80 bits per heavy atom. The lowest BCUT2D eigenvalue weighted by atomic mass is 10.0. The molecule has 20 heavy (non-hydrogen) atoms. The maximum Gasteiger partial charge on any atom is 0.227 e. The van der Waals surface area contributed by atoms with Crippen LogP contribution in [0.25, 0.3) is 0 Å². The number of nitrogens with zero attached hydrogens (tertiary/aromatic N) is 3. The molecule has 1 aromatic heterocycles. The smallest absolute Gasteiger partial charge is 0.227 e. The lowest BCUT2D eigenvalue weighted by Crippen LogP contribution is -2.29. The van der Waals surface area contributed by atoms with E-state index in [2.05, 4.69) is 39.1 Å². The second-order valence-corrected chi connectivity index (χ2v) is 5.14. The maximum atomic E-state index is 13.5. The second-order valence-electron chi connectivity index (χ2n) is 4.28. The molecule has 6 heteroatoms. The SMILES string of the molecule is C=CN1C(=C)N=C(C)C(Cc2ccc(Br)c(F)n2)=C1N. The highest BCUT2D eigenvalue weighted by Gasteiger charge is 2.20. The number of hydrogen-bond acceptors (Lipinski definition) is 4. The van der Waals surface area contributed by atoms with E-state index in [4.69, 9.17) is 5.73 Å². The van der Waals surface area contributed by atoms with Gasteiger partial charge in [0.1, 0.15) is 11.6 Å². The second kappa shape index (κ2) is 5.58. The quantitative estimate of drug-likeness (QED) is 0.863. The van der Waals surface area contributed by atoms with Gasteiger partial charge in [0.25, 0.3) is 0 Å². The van der Waals surface area contributed by atoms with Gasteiger partial charge in [-0.05, 0) is 35.0 Å². The van der Waals surface area contributed by atoms with Crippen LogP contribution in [0.5, 0.6) is 0 Å². The maximum absolute atomic E-state index is 13.5. The van der Waals surface area contributed by atoms with Crippen molar-refractivity contribution in [1.29, 1.82) is 0 Å². The highest BCUT2D eigenvalue weighted by atomic mass is 79.9. The van der Waals surface area contributed by atoms with Gasteiger partial charge in [-0.3, -0.25) is 4.90 Å². The van der Waals surface area contributed by atoms with E-state index in [1.165, 1.54) is 0 Å². The third kappa shape index (κ3) is 2.65. The first-order valence-electron chi connectivity index (χ1n) is 5.90. The summed E-state index contributed by atoms with van der Waals surface area (Å²) in [5.41, 5.74) is 8.20. The highest BCUT2D eigenvalue weighted by molar-refractivity contribution is 9.10. The minimum atomic E-state index is -0.544. The predicted molar refractivity (Wildman–Crippen MR) is 81.1 cm³/mol. The third-order valence-corrected chi connectivity index (χ3v) is 3.57. The number of nitrogens with two attached hydrogens (primary N) is 1. The molecule has 0 atom stereocenters. The summed E-state index contributed by atoms with van der Waals surface area (Å²) in [5.74, 6) is 0.452. The zero-order valence-corrected chi connectivity index (χ0v) is 12.6. The van der Waals surface area contributed by atoms with Crippen LogP contribution in [0.3, 0.4) is 0 Å². The van der Waals surface area contributed by atoms with Gasteiger partial charge < -0.3 is 5.73 Å². The van der Waals surface area contributed by atoms with Crippen molar-refractivity contribution in [3.05, 3.63) is 64.8 Å². The van der Waals surface area contributed by atoms with Crippen LogP contribution in [0.4, 0.5) is 4.39 Å². The van der Waals surface area contributed by atoms with Gasteiger partial charge in [0.15, 0.2) is 0 Å². The molecule has 0 fully saturated rings. The van der Waals surface area contributed by atoms with Crippen LogP contribution in [0.15, 0.2) is 58.2 Å². The highest BCUT2D eigenvalue weighted by Crippen LogP contribution is 2.23. The monoisotopic (exact) mass is 336 g/mol. The van der Waals surface area contributed by atoms with E-state index in [-0.39, 0.29) is 0 Å². The van der Waals surface area contributed by atoms with E-state index < -0.39 is 5.95 Å². The zero-order valence-electron chi connectivity index (χ0n) is 11.0. The molecule has 0 amide bonds. The van der Waals surface area contributed by atoms with E-state index in [0.717, 1.165) is 11.3 Å². The number of aliphatic imine (C=N–C) groups is 1. The summed E-state index contributed by atoms with van der Waals surface area (Å²) in [4.78, 5) is 9.79. The van der Waals surface area contributed by atoms with Gasteiger partial charge in [-0.1, -0.05) is 13.2 Å². The Bertz CT molecular complexity index is 649. The average molecular weight is 337 g/mol. The van der Waals surface area contributed by atoms with Gasteiger partial charge in [0, 0.05) is 29.6 Å². The number of pyridine rings is 1. The van der Waals surface area contributed by atoms with Crippen molar-refractivity contribution in [3.8, 4) is 0 Å².